The smallest absolute Gasteiger partial charge is 0.355 e. The van der Waals surface area contributed by atoms with Crippen molar-refractivity contribution in [1.82, 2.24) is 24.4 Å². The quantitative estimate of drug-likeness (QED) is 0.304. The molecule has 48 heavy (non-hydrogen) atoms. The van der Waals surface area contributed by atoms with Crippen molar-refractivity contribution in [3.63, 3.8) is 0 Å². The van der Waals surface area contributed by atoms with Crippen molar-refractivity contribution in [3.8, 4) is 22.7 Å². The molecule has 4 aromatic rings. The molecule has 1 saturated heterocycles. The molecule has 2 bridgehead atoms. The number of benzene rings is 1. The standard InChI is InChI=1S/C35H38F2N6O5/c1-7-27(44)41-15-20(6)42(16-19(41)5)33-22-14-24(37)30-28-23(36)10-9-11-25(28)48-17-26(47-8-2)32(45)21-12-13-38-29(18(3)4)31(21)43(34(22)39-30)35(46)40-33/h7,9-14,18-20,26,32,45H,1,8,15-17H2,2-6H3/t19-,20+,26?,32?/m1/s1. The van der Waals surface area contributed by atoms with E-state index in [0.29, 0.717) is 17.8 Å². The van der Waals surface area contributed by atoms with Gasteiger partial charge in [0.15, 0.2) is 11.5 Å². The molecule has 1 N–H and O–H groups in total. The molecule has 5 heterocycles. The second-order valence-electron chi connectivity index (χ2n) is 12.4. The average molecular weight is 661 g/mol. The van der Waals surface area contributed by atoms with Crippen molar-refractivity contribution in [2.75, 3.05) is 31.2 Å². The fourth-order valence-electron chi connectivity index (χ4n) is 6.61. The molecule has 2 unspecified atom stereocenters. The van der Waals surface area contributed by atoms with E-state index in [1.807, 2.05) is 32.6 Å². The zero-order chi connectivity index (χ0) is 34.4. The zero-order valence-electron chi connectivity index (χ0n) is 27.5. The number of carbonyl (C=O) groups is 1. The van der Waals surface area contributed by atoms with Crippen LogP contribution in [-0.2, 0) is 9.53 Å². The number of aliphatic hydroxyl groups is 1. The molecule has 0 radical (unpaired) electrons. The van der Waals surface area contributed by atoms with Gasteiger partial charge in [-0.15, -0.1) is 0 Å². The number of fused-ring (bicyclic) bond motifs is 5. The number of hydrogen-bond donors (Lipinski definition) is 1. The number of aliphatic hydroxyl groups excluding tert-OH is 1. The first-order chi connectivity index (χ1) is 23.0. The fraction of sp³-hybridized carbons (Fsp3) is 0.400. The van der Waals surface area contributed by atoms with Gasteiger partial charge in [0, 0.05) is 43.5 Å². The zero-order valence-corrected chi connectivity index (χ0v) is 27.5. The number of carbonyl (C=O) groups excluding carboxylic acids is 1. The summed E-state index contributed by atoms with van der Waals surface area (Å²) < 4.78 is 45.2. The molecule has 252 valence electrons. The normalized spacial score (nSPS) is 20.9. The molecule has 0 saturated carbocycles. The molecule has 6 rings (SSSR count). The highest BCUT2D eigenvalue weighted by molar-refractivity contribution is 5.92. The first-order valence-electron chi connectivity index (χ1n) is 16.0. The van der Waals surface area contributed by atoms with Gasteiger partial charge in [-0.1, -0.05) is 26.5 Å². The summed E-state index contributed by atoms with van der Waals surface area (Å²) in [5.74, 6) is -1.96. The van der Waals surface area contributed by atoms with E-state index in [2.05, 4.69) is 21.5 Å². The highest BCUT2D eigenvalue weighted by Crippen LogP contribution is 2.39. The highest BCUT2D eigenvalue weighted by Gasteiger charge is 2.36. The molecular formula is C35H38F2N6O5. The van der Waals surface area contributed by atoms with Crippen LogP contribution in [0.4, 0.5) is 14.6 Å². The van der Waals surface area contributed by atoms with Gasteiger partial charge in [0.05, 0.1) is 22.3 Å². The van der Waals surface area contributed by atoms with Crippen molar-refractivity contribution >= 4 is 22.8 Å². The van der Waals surface area contributed by atoms with Crippen LogP contribution >= 0.6 is 0 Å². The highest BCUT2D eigenvalue weighted by atomic mass is 19.1. The van der Waals surface area contributed by atoms with Crippen molar-refractivity contribution < 1.29 is 28.2 Å². The lowest BCUT2D eigenvalue weighted by molar-refractivity contribution is -0.128. The van der Waals surface area contributed by atoms with Gasteiger partial charge >= 0.3 is 5.69 Å². The Morgan fingerprint density at radius 1 is 1.17 bits per heavy atom. The lowest BCUT2D eigenvalue weighted by atomic mass is 9.97. The Kier molecular flexibility index (Phi) is 9.01. The Morgan fingerprint density at radius 2 is 1.94 bits per heavy atom. The maximum atomic E-state index is 16.4. The van der Waals surface area contributed by atoms with Gasteiger partial charge in [0.1, 0.15) is 41.9 Å². The second-order valence-corrected chi connectivity index (χ2v) is 12.4. The summed E-state index contributed by atoms with van der Waals surface area (Å²) in [7, 11) is 0. The first kappa shape index (κ1) is 33.2. The van der Waals surface area contributed by atoms with Gasteiger partial charge in [0.25, 0.3) is 0 Å². The Hall–Kier alpha value is -4.75. The minimum absolute atomic E-state index is 0.00956. The van der Waals surface area contributed by atoms with Crippen molar-refractivity contribution in [1.29, 1.82) is 0 Å². The van der Waals surface area contributed by atoms with Crippen LogP contribution in [0.25, 0.3) is 28.0 Å². The van der Waals surface area contributed by atoms with E-state index < -0.39 is 29.5 Å². The van der Waals surface area contributed by atoms with Crippen LogP contribution in [-0.4, -0.2) is 79.9 Å². The summed E-state index contributed by atoms with van der Waals surface area (Å²) in [6, 6.07) is 6.25. The fourth-order valence-corrected chi connectivity index (χ4v) is 6.61. The molecule has 11 nitrogen and oxygen atoms in total. The molecule has 2 aliphatic rings. The van der Waals surface area contributed by atoms with Gasteiger partial charge < -0.3 is 24.4 Å². The topological polar surface area (TPSA) is 123 Å². The van der Waals surface area contributed by atoms with Crippen LogP contribution in [0.2, 0.25) is 0 Å². The number of anilines is 1. The summed E-state index contributed by atoms with van der Waals surface area (Å²) in [5.41, 5.74) is -0.401. The molecule has 1 aromatic carbocycles. The van der Waals surface area contributed by atoms with E-state index in [1.165, 1.54) is 34.9 Å². The summed E-state index contributed by atoms with van der Waals surface area (Å²) >= 11 is 0. The number of nitrogens with zero attached hydrogens (tertiary/aromatic N) is 6. The summed E-state index contributed by atoms with van der Waals surface area (Å²) in [5, 5.41) is 12.0. The second kappa shape index (κ2) is 13.0. The van der Waals surface area contributed by atoms with E-state index in [0.717, 1.165) is 0 Å². The molecule has 0 aliphatic carbocycles. The predicted molar refractivity (Wildman–Crippen MR) is 176 cm³/mol. The number of ether oxygens (including phenoxy) is 2. The van der Waals surface area contributed by atoms with E-state index in [9.17, 15) is 14.7 Å². The van der Waals surface area contributed by atoms with Crippen LogP contribution in [0, 0.1) is 11.6 Å². The monoisotopic (exact) mass is 660 g/mol. The molecule has 3 aromatic heterocycles. The van der Waals surface area contributed by atoms with Gasteiger partial charge in [-0.25, -0.2) is 23.1 Å². The Balaban J connectivity index is 1.72. The molecule has 13 heteroatoms. The number of amides is 1. The molecule has 0 spiro atoms. The van der Waals surface area contributed by atoms with Crippen LogP contribution in [0.5, 0.6) is 5.75 Å². The molecule has 1 amide bonds. The average Bonchev–Trinajstić information content (AvgIpc) is 3.06. The van der Waals surface area contributed by atoms with Gasteiger partial charge in [-0.3, -0.25) is 9.78 Å². The third-order valence-corrected chi connectivity index (χ3v) is 8.94. The third-order valence-electron chi connectivity index (χ3n) is 8.94. The van der Waals surface area contributed by atoms with Crippen molar-refractivity contribution in [2.45, 2.75) is 64.8 Å². The number of rotatable bonds is 5. The number of halogens is 2. The summed E-state index contributed by atoms with van der Waals surface area (Å²) in [6.07, 6.45) is 0.512. The maximum absolute atomic E-state index is 16.4. The number of piperazine rings is 1. The van der Waals surface area contributed by atoms with Gasteiger partial charge in [0.2, 0.25) is 5.91 Å². The largest absolute Gasteiger partial charge is 0.490 e. The molecule has 1 fully saturated rings. The Bertz CT molecular complexity index is 1970. The van der Waals surface area contributed by atoms with Crippen LogP contribution in [0.3, 0.4) is 0 Å². The van der Waals surface area contributed by atoms with Crippen molar-refractivity contribution in [3.05, 3.63) is 82.6 Å². The van der Waals surface area contributed by atoms with Crippen molar-refractivity contribution in [2.24, 2.45) is 0 Å². The van der Waals surface area contributed by atoms with E-state index in [4.69, 9.17) is 9.47 Å². The van der Waals surface area contributed by atoms with E-state index >= 15 is 8.78 Å². The van der Waals surface area contributed by atoms with E-state index in [1.54, 1.807) is 24.1 Å². The predicted octanol–water partition coefficient (Wildman–Crippen LogP) is 4.69. The minimum Gasteiger partial charge on any atom is -0.490 e. The number of hydrogen-bond acceptors (Lipinski definition) is 9. The SMILES string of the molecule is C=CC(=O)N1C[C@H](C)N(c2nc(=O)n3c4nc(c(F)cc24)-c2c(F)cccc2OCC(OCC)C(O)c2ccnc(C(C)C)c2-3)C[C@H]1C. The Labute approximate surface area is 276 Å². The summed E-state index contributed by atoms with van der Waals surface area (Å²) in [4.78, 5) is 44.3. The van der Waals surface area contributed by atoms with Gasteiger partial charge in [-0.05, 0) is 57.0 Å². The maximum Gasteiger partial charge on any atom is 0.355 e. The third kappa shape index (κ3) is 5.60. The van der Waals surface area contributed by atoms with Gasteiger partial charge in [-0.2, -0.15) is 4.98 Å². The van der Waals surface area contributed by atoms with Crippen LogP contribution in [0.1, 0.15) is 57.9 Å². The molecular weight excluding hydrogens is 622 g/mol. The summed E-state index contributed by atoms with van der Waals surface area (Å²) in [6.45, 7) is 13.5. The van der Waals surface area contributed by atoms with E-state index in [-0.39, 0.29) is 83.2 Å². The number of pyridine rings is 2. The molecule has 2 aliphatic heterocycles. The van der Waals surface area contributed by atoms with Crippen LogP contribution < -0.4 is 15.3 Å². The lowest BCUT2D eigenvalue weighted by Crippen LogP contribution is -2.58. The lowest BCUT2D eigenvalue weighted by Gasteiger charge is -2.44. The molecule has 4 atom stereocenters. The Morgan fingerprint density at radius 3 is 2.65 bits per heavy atom. The minimum atomic E-state index is -1.32. The number of aromatic nitrogens is 4. The van der Waals surface area contributed by atoms with Crippen LogP contribution in [0.15, 0.2) is 54.0 Å². The first-order valence-corrected chi connectivity index (χ1v) is 16.0.